The second kappa shape index (κ2) is 5.55. The Hall–Kier alpha value is 0.270. The minimum atomic E-state index is 0.238. The van der Waals surface area contributed by atoms with Crippen molar-refractivity contribution in [3.05, 3.63) is 34.9 Å². The van der Waals surface area contributed by atoms with E-state index >= 15 is 0 Å². The molecule has 3 atom stereocenters. The summed E-state index contributed by atoms with van der Waals surface area (Å²) in [5.74, 6) is 0. The summed E-state index contributed by atoms with van der Waals surface area (Å²) in [6.45, 7) is 6.25. The highest BCUT2D eigenvalue weighted by molar-refractivity contribution is 7.81. The Labute approximate surface area is 109 Å². The zero-order valence-corrected chi connectivity index (χ0v) is 12.0. The van der Waals surface area contributed by atoms with E-state index in [1.54, 1.807) is 0 Å². The minimum absolute atomic E-state index is 0.238. The van der Waals surface area contributed by atoms with E-state index in [0.29, 0.717) is 0 Å². The lowest BCUT2D eigenvalue weighted by Gasteiger charge is -2.17. The molecule has 0 bridgehead atoms. The summed E-state index contributed by atoms with van der Waals surface area (Å²) in [4.78, 5) is 0. The smallest absolute Gasteiger partial charge is 0.0242 e. The third-order valence-electron chi connectivity index (χ3n) is 2.49. The molecule has 0 heterocycles. The molecule has 1 aromatic rings. The number of thiol groups is 3. The Morgan fingerprint density at radius 1 is 0.800 bits per heavy atom. The molecule has 0 saturated carbocycles. The van der Waals surface area contributed by atoms with Gasteiger partial charge in [0.05, 0.1) is 0 Å². The zero-order chi connectivity index (χ0) is 11.6. The summed E-state index contributed by atoms with van der Waals surface area (Å²) in [5, 5.41) is 0.751. The van der Waals surface area contributed by atoms with E-state index in [-0.39, 0.29) is 15.7 Å². The van der Waals surface area contributed by atoms with Crippen LogP contribution in [0.2, 0.25) is 0 Å². The molecule has 0 aliphatic rings. The maximum absolute atomic E-state index is 4.51. The van der Waals surface area contributed by atoms with Crippen molar-refractivity contribution in [1.82, 2.24) is 0 Å². The summed E-state index contributed by atoms with van der Waals surface area (Å²) in [6.07, 6.45) is 0. The van der Waals surface area contributed by atoms with Crippen molar-refractivity contribution < 1.29 is 0 Å². The molecule has 0 aliphatic heterocycles. The van der Waals surface area contributed by atoms with Crippen LogP contribution in [0.5, 0.6) is 0 Å². The Bertz CT molecular complexity index is 330. The highest BCUT2D eigenvalue weighted by Gasteiger charge is 2.12. The van der Waals surface area contributed by atoms with Crippen LogP contribution in [0.25, 0.3) is 0 Å². The molecule has 0 amide bonds. The van der Waals surface area contributed by atoms with Crippen molar-refractivity contribution in [2.45, 2.75) is 36.5 Å². The Kier molecular flexibility index (Phi) is 4.94. The maximum Gasteiger partial charge on any atom is 0.0242 e. The summed E-state index contributed by atoms with van der Waals surface area (Å²) in [5.41, 5.74) is 3.77. The van der Waals surface area contributed by atoms with E-state index < -0.39 is 0 Å². The van der Waals surface area contributed by atoms with E-state index in [2.05, 4.69) is 76.9 Å². The van der Waals surface area contributed by atoms with Crippen LogP contribution in [0.15, 0.2) is 18.2 Å². The molecule has 15 heavy (non-hydrogen) atoms. The van der Waals surface area contributed by atoms with Crippen LogP contribution < -0.4 is 0 Å². The van der Waals surface area contributed by atoms with Gasteiger partial charge in [0.2, 0.25) is 0 Å². The summed E-state index contributed by atoms with van der Waals surface area (Å²) in [6, 6.07) is 6.46. The van der Waals surface area contributed by atoms with Gasteiger partial charge in [-0.05, 0) is 37.5 Å². The number of hydrogen-bond acceptors (Lipinski definition) is 3. The van der Waals surface area contributed by atoms with Gasteiger partial charge in [-0.3, -0.25) is 0 Å². The van der Waals surface area contributed by atoms with Crippen molar-refractivity contribution in [3.63, 3.8) is 0 Å². The van der Waals surface area contributed by atoms with Gasteiger partial charge in [0.15, 0.2) is 0 Å². The summed E-state index contributed by atoms with van der Waals surface area (Å²) >= 11 is 13.4. The molecule has 1 rings (SSSR count). The quantitative estimate of drug-likeness (QED) is 0.645. The van der Waals surface area contributed by atoms with Crippen molar-refractivity contribution in [1.29, 1.82) is 0 Å². The first-order chi connectivity index (χ1) is 6.93. The molecule has 0 fully saturated rings. The van der Waals surface area contributed by atoms with E-state index in [0.717, 1.165) is 0 Å². The molecule has 0 aliphatic carbocycles. The monoisotopic (exact) mass is 258 g/mol. The highest BCUT2D eigenvalue weighted by Crippen LogP contribution is 2.33. The summed E-state index contributed by atoms with van der Waals surface area (Å²) < 4.78 is 0. The first-order valence-electron chi connectivity index (χ1n) is 5.11. The van der Waals surface area contributed by atoms with Crippen molar-refractivity contribution in [2.24, 2.45) is 0 Å². The Balaban J connectivity index is 3.21. The number of rotatable bonds is 3. The van der Waals surface area contributed by atoms with Crippen molar-refractivity contribution >= 4 is 37.9 Å². The molecular formula is C12H18S3. The summed E-state index contributed by atoms with van der Waals surface area (Å²) in [7, 11) is 0. The minimum Gasteiger partial charge on any atom is -0.171 e. The molecule has 3 heteroatoms. The van der Waals surface area contributed by atoms with Crippen LogP contribution in [0, 0.1) is 0 Å². The van der Waals surface area contributed by atoms with Gasteiger partial charge in [-0.15, -0.1) is 0 Å². The first-order valence-corrected chi connectivity index (χ1v) is 6.66. The van der Waals surface area contributed by atoms with E-state index in [9.17, 15) is 0 Å². The molecule has 0 aromatic heterocycles. The molecule has 3 unspecified atom stereocenters. The van der Waals surface area contributed by atoms with Gasteiger partial charge >= 0.3 is 0 Å². The van der Waals surface area contributed by atoms with E-state index in [4.69, 9.17) is 0 Å². The zero-order valence-electron chi connectivity index (χ0n) is 9.31. The van der Waals surface area contributed by atoms with E-state index in [1.807, 2.05) is 0 Å². The third kappa shape index (κ3) is 3.36. The average molecular weight is 258 g/mol. The fraction of sp³-hybridized carbons (Fsp3) is 0.500. The van der Waals surface area contributed by atoms with Crippen molar-refractivity contribution in [2.75, 3.05) is 0 Å². The van der Waals surface area contributed by atoms with Crippen LogP contribution in [-0.4, -0.2) is 0 Å². The molecule has 84 valence electrons. The molecule has 0 saturated heterocycles. The standard InChI is InChI=1S/C12H18S3/c1-7(13)10-4-5-11(8(2)14)12(6-10)9(3)15/h4-9,13-15H,1-3H3. The van der Waals surface area contributed by atoms with Gasteiger partial charge in [0.1, 0.15) is 0 Å². The molecule has 1 aromatic carbocycles. The van der Waals surface area contributed by atoms with E-state index in [1.165, 1.54) is 16.7 Å². The normalized spacial score (nSPS) is 17.2. The number of hydrogen-bond donors (Lipinski definition) is 3. The second-order valence-electron chi connectivity index (χ2n) is 3.92. The van der Waals surface area contributed by atoms with Gasteiger partial charge in [0, 0.05) is 15.7 Å². The van der Waals surface area contributed by atoms with Crippen LogP contribution in [-0.2, 0) is 0 Å². The SMILES string of the molecule is CC(S)c1ccc(C(C)S)c(C(C)S)c1. The average Bonchev–Trinajstić information content (AvgIpc) is 2.16. The molecular weight excluding hydrogens is 240 g/mol. The largest absolute Gasteiger partial charge is 0.171 e. The maximum atomic E-state index is 4.51. The third-order valence-corrected chi connectivity index (χ3v) is 3.35. The molecule has 0 N–H and O–H groups in total. The van der Waals surface area contributed by atoms with Gasteiger partial charge in [-0.1, -0.05) is 18.2 Å². The van der Waals surface area contributed by atoms with Crippen LogP contribution in [0.3, 0.4) is 0 Å². The van der Waals surface area contributed by atoms with Gasteiger partial charge in [-0.25, -0.2) is 0 Å². The van der Waals surface area contributed by atoms with Gasteiger partial charge < -0.3 is 0 Å². The highest BCUT2D eigenvalue weighted by atomic mass is 32.1. The lowest BCUT2D eigenvalue weighted by atomic mass is 9.98. The topological polar surface area (TPSA) is 0 Å². The molecule has 0 radical (unpaired) electrons. The lowest BCUT2D eigenvalue weighted by molar-refractivity contribution is 0.990. The fourth-order valence-corrected chi connectivity index (χ4v) is 2.21. The fourth-order valence-electron chi connectivity index (χ4n) is 1.60. The number of benzene rings is 1. The predicted octanol–water partition coefficient (Wildman–Crippen LogP) is 4.66. The second-order valence-corrected chi connectivity index (χ2v) is 6.24. The lowest BCUT2D eigenvalue weighted by Crippen LogP contribution is -1.98. The van der Waals surface area contributed by atoms with Crippen molar-refractivity contribution in [3.8, 4) is 0 Å². The molecule has 0 spiro atoms. The van der Waals surface area contributed by atoms with Crippen LogP contribution in [0.1, 0.15) is 53.2 Å². The van der Waals surface area contributed by atoms with Crippen LogP contribution in [0.4, 0.5) is 0 Å². The van der Waals surface area contributed by atoms with Gasteiger partial charge in [-0.2, -0.15) is 37.9 Å². The predicted molar refractivity (Wildman–Crippen MR) is 78.6 cm³/mol. The molecule has 0 nitrogen and oxygen atoms in total. The first kappa shape index (κ1) is 13.3. The van der Waals surface area contributed by atoms with Crippen LogP contribution >= 0.6 is 37.9 Å². The Morgan fingerprint density at radius 3 is 1.73 bits per heavy atom. The van der Waals surface area contributed by atoms with Gasteiger partial charge in [0.25, 0.3) is 0 Å². The Morgan fingerprint density at radius 2 is 1.33 bits per heavy atom.